The van der Waals surface area contributed by atoms with E-state index in [2.05, 4.69) is 5.32 Å². The quantitative estimate of drug-likeness (QED) is 0.922. The number of benzene rings is 1. The molecule has 0 radical (unpaired) electrons. The maximum Gasteiger partial charge on any atom is 0.322 e. The largest absolute Gasteiger partial charge is 0.383 e. The predicted molar refractivity (Wildman–Crippen MR) is 87.3 cm³/mol. The van der Waals surface area contributed by atoms with Crippen LogP contribution in [0.4, 0.5) is 10.5 Å². The minimum atomic E-state index is -0.121. The summed E-state index contributed by atoms with van der Waals surface area (Å²) in [5, 5.41) is 2.94. The summed E-state index contributed by atoms with van der Waals surface area (Å²) in [6.07, 6.45) is 1.25. The van der Waals surface area contributed by atoms with Crippen molar-refractivity contribution in [1.29, 1.82) is 0 Å². The Morgan fingerprint density at radius 3 is 2.96 bits per heavy atom. The molecule has 124 valence electrons. The normalized spacial score (nSPS) is 23.3. The Labute approximate surface area is 136 Å². The van der Waals surface area contributed by atoms with Gasteiger partial charge in [-0.1, -0.05) is 12.1 Å². The first kappa shape index (κ1) is 15.8. The summed E-state index contributed by atoms with van der Waals surface area (Å²) in [7, 11) is 1.63. The monoisotopic (exact) mass is 317 g/mol. The summed E-state index contributed by atoms with van der Waals surface area (Å²) in [4.78, 5) is 28.4. The van der Waals surface area contributed by atoms with E-state index in [9.17, 15) is 9.59 Å². The van der Waals surface area contributed by atoms with Crippen LogP contribution in [-0.2, 0) is 9.53 Å². The third-order valence-electron chi connectivity index (χ3n) is 4.68. The van der Waals surface area contributed by atoms with Crippen molar-refractivity contribution in [2.75, 3.05) is 32.1 Å². The maximum absolute atomic E-state index is 12.6. The zero-order valence-electron chi connectivity index (χ0n) is 13.6. The zero-order chi connectivity index (χ0) is 16.4. The van der Waals surface area contributed by atoms with E-state index in [0.717, 1.165) is 17.7 Å². The Morgan fingerprint density at radius 1 is 1.39 bits per heavy atom. The highest BCUT2D eigenvalue weighted by Crippen LogP contribution is 2.32. The zero-order valence-corrected chi connectivity index (χ0v) is 13.6. The van der Waals surface area contributed by atoms with Crippen LogP contribution in [-0.4, -0.2) is 60.6 Å². The molecule has 23 heavy (non-hydrogen) atoms. The summed E-state index contributed by atoms with van der Waals surface area (Å²) < 4.78 is 5.08. The molecule has 0 aliphatic carbocycles. The lowest BCUT2D eigenvalue weighted by Gasteiger charge is -2.25. The van der Waals surface area contributed by atoms with Crippen molar-refractivity contribution in [3.05, 3.63) is 29.8 Å². The van der Waals surface area contributed by atoms with Crippen LogP contribution in [0, 0.1) is 6.92 Å². The molecule has 6 nitrogen and oxygen atoms in total. The first-order chi connectivity index (χ1) is 11.1. The molecule has 0 bridgehead atoms. The number of nitrogens with zero attached hydrogens (tertiary/aromatic N) is 2. The Morgan fingerprint density at radius 2 is 2.22 bits per heavy atom. The fourth-order valence-corrected chi connectivity index (χ4v) is 3.58. The van der Waals surface area contributed by atoms with Gasteiger partial charge in [-0.25, -0.2) is 4.79 Å². The molecule has 2 fully saturated rings. The van der Waals surface area contributed by atoms with Crippen LogP contribution >= 0.6 is 0 Å². The second-order valence-corrected chi connectivity index (χ2v) is 6.20. The summed E-state index contributed by atoms with van der Waals surface area (Å²) in [6.45, 7) is 3.81. The van der Waals surface area contributed by atoms with Crippen LogP contribution in [0.5, 0.6) is 0 Å². The lowest BCUT2D eigenvalue weighted by molar-refractivity contribution is -0.129. The van der Waals surface area contributed by atoms with E-state index in [1.54, 1.807) is 12.0 Å². The number of fused-ring (bicyclic) bond motifs is 1. The van der Waals surface area contributed by atoms with Gasteiger partial charge >= 0.3 is 6.03 Å². The van der Waals surface area contributed by atoms with Crippen LogP contribution in [0.25, 0.3) is 0 Å². The van der Waals surface area contributed by atoms with Gasteiger partial charge in [-0.2, -0.15) is 0 Å². The van der Waals surface area contributed by atoms with Gasteiger partial charge in [0.25, 0.3) is 0 Å². The highest BCUT2D eigenvalue weighted by atomic mass is 16.5. The molecule has 0 spiro atoms. The molecule has 2 aliphatic heterocycles. The van der Waals surface area contributed by atoms with Crippen LogP contribution in [0.15, 0.2) is 24.3 Å². The smallest absolute Gasteiger partial charge is 0.322 e. The predicted octanol–water partition coefficient (Wildman–Crippen LogP) is 1.85. The molecule has 0 unspecified atom stereocenters. The number of likely N-dealkylation sites (tertiary alicyclic amines) is 2. The fourth-order valence-electron chi connectivity index (χ4n) is 3.58. The molecule has 1 N–H and O–H groups in total. The standard InChI is InChI=1S/C17H23N3O3/c1-12-4-3-5-13(10-12)18-17(22)20-7-6-14-15(20)11-16(21)19(14)8-9-23-2/h3-5,10,14-15H,6-9,11H2,1-2H3,(H,18,22)/t14-,15+/m1/s1. The van der Waals surface area contributed by atoms with Gasteiger partial charge in [-0.05, 0) is 31.0 Å². The second kappa shape index (κ2) is 6.58. The molecule has 3 rings (SSSR count). The van der Waals surface area contributed by atoms with E-state index in [1.807, 2.05) is 36.1 Å². The van der Waals surface area contributed by atoms with Gasteiger partial charge in [0.05, 0.1) is 18.7 Å². The number of rotatable bonds is 4. The third kappa shape index (κ3) is 3.17. The van der Waals surface area contributed by atoms with E-state index in [1.165, 1.54) is 0 Å². The van der Waals surface area contributed by atoms with E-state index < -0.39 is 0 Å². The van der Waals surface area contributed by atoms with Crippen LogP contribution < -0.4 is 5.32 Å². The van der Waals surface area contributed by atoms with Gasteiger partial charge in [-0.3, -0.25) is 4.79 Å². The first-order valence-electron chi connectivity index (χ1n) is 8.03. The van der Waals surface area contributed by atoms with E-state index in [0.29, 0.717) is 26.1 Å². The van der Waals surface area contributed by atoms with Crippen LogP contribution in [0.1, 0.15) is 18.4 Å². The number of anilines is 1. The number of methoxy groups -OCH3 is 1. The molecule has 6 heteroatoms. The lowest BCUT2D eigenvalue weighted by Crippen LogP contribution is -2.42. The Hall–Kier alpha value is -2.08. The van der Waals surface area contributed by atoms with E-state index >= 15 is 0 Å². The van der Waals surface area contributed by atoms with Crippen LogP contribution in [0.2, 0.25) is 0 Å². The molecule has 2 aliphatic rings. The number of hydrogen-bond acceptors (Lipinski definition) is 3. The summed E-state index contributed by atoms with van der Waals surface area (Å²) in [6, 6.07) is 7.71. The maximum atomic E-state index is 12.6. The van der Waals surface area contributed by atoms with Gasteiger partial charge < -0.3 is 19.9 Å². The topological polar surface area (TPSA) is 61.9 Å². The fraction of sp³-hybridized carbons (Fsp3) is 0.529. The summed E-state index contributed by atoms with van der Waals surface area (Å²) in [5.41, 5.74) is 1.89. The molecule has 2 heterocycles. The Balaban J connectivity index is 1.66. The van der Waals surface area contributed by atoms with Crippen molar-refractivity contribution < 1.29 is 14.3 Å². The lowest BCUT2D eigenvalue weighted by atomic mass is 10.1. The highest BCUT2D eigenvalue weighted by molar-refractivity contribution is 5.91. The summed E-state index contributed by atoms with van der Waals surface area (Å²) >= 11 is 0. The first-order valence-corrected chi connectivity index (χ1v) is 8.03. The molecular formula is C17H23N3O3. The molecular weight excluding hydrogens is 294 g/mol. The number of ether oxygens (including phenoxy) is 1. The van der Waals surface area contributed by atoms with Crippen LogP contribution in [0.3, 0.4) is 0 Å². The number of nitrogens with one attached hydrogen (secondary N) is 1. The van der Waals surface area contributed by atoms with Crippen molar-refractivity contribution in [2.24, 2.45) is 0 Å². The SMILES string of the molecule is COCCN1C(=O)C[C@H]2[C@H]1CCN2C(=O)Nc1cccc(C)c1. The van der Waals surface area contributed by atoms with Crippen molar-refractivity contribution in [2.45, 2.75) is 31.8 Å². The van der Waals surface area contributed by atoms with E-state index in [-0.39, 0.29) is 24.0 Å². The average molecular weight is 317 g/mol. The van der Waals surface area contributed by atoms with Crippen molar-refractivity contribution in [3.63, 3.8) is 0 Å². The highest BCUT2D eigenvalue weighted by Gasteiger charge is 2.48. The molecule has 1 aromatic rings. The van der Waals surface area contributed by atoms with Crippen molar-refractivity contribution >= 4 is 17.6 Å². The minimum Gasteiger partial charge on any atom is -0.383 e. The number of hydrogen-bond donors (Lipinski definition) is 1. The Kier molecular flexibility index (Phi) is 4.52. The number of carbonyl (C=O) groups is 2. The molecule has 1 aromatic carbocycles. The van der Waals surface area contributed by atoms with Gasteiger partial charge in [0, 0.05) is 32.3 Å². The third-order valence-corrected chi connectivity index (χ3v) is 4.68. The molecule has 3 amide bonds. The van der Waals surface area contributed by atoms with Gasteiger partial charge in [0.1, 0.15) is 0 Å². The van der Waals surface area contributed by atoms with Gasteiger partial charge in [0.15, 0.2) is 0 Å². The minimum absolute atomic E-state index is 0.0239. The Bertz CT molecular complexity index is 605. The number of carbonyl (C=O) groups excluding carboxylic acids is 2. The van der Waals surface area contributed by atoms with Crippen molar-refractivity contribution in [1.82, 2.24) is 9.80 Å². The molecule has 2 saturated heterocycles. The molecule has 0 saturated carbocycles. The number of amides is 3. The number of urea groups is 1. The van der Waals surface area contributed by atoms with Crippen molar-refractivity contribution in [3.8, 4) is 0 Å². The second-order valence-electron chi connectivity index (χ2n) is 6.20. The molecule has 2 atom stereocenters. The van der Waals surface area contributed by atoms with E-state index in [4.69, 9.17) is 4.74 Å². The average Bonchev–Trinajstić information content (AvgIpc) is 3.03. The van der Waals surface area contributed by atoms with Gasteiger partial charge in [-0.15, -0.1) is 0 Å². The summed E-state index contributed by atoms with van der Waals surface area (Å²) in [5.74, 6) is 0.116. The van der Waals surface area contributed by atoms with Gasteiger partial charge in [0.2, 0.25) is 5.91 Å². The molecule has 0 aromatic heterocycles. The number of aryl methyl sites for hydroxylation is 1.